The van der Waals surface area contributed by atoms with E-state index in [4.69, 9.17) is 10.2 Å². The van der Waals surface area contributed by atoms with Crippen LogP contribution in [0.1, 0.15) is 12.8 Å². The van der Waals surface area contributed by atoms with Crippen LogP contribution in [0.25, 0.3) is 0 Å². The highest BCUT2D eigenvalue weighted by molar-refractivity contribution is 7.88. The summed E-state index contributed by atoms with van der Waals surface area (Å²) in [5, 5.41) is 21.9. The Morgan fingerprint density at radius 1 is 1.26 bits per heavy atom. The first-order chi connectivity index (χ1) is 8.76. The van der Waals surface area contributed by atoms with Crippen molar-refractivity contribution >= 4 is 22.0 Å². The zero-order valence-electron chi connectivity index (χ0n) is 10.5. The van der Waals surface area contributed by atoms with Crippen LogP contribution < -0.4 is 15.4 Å². The summed E-state index contributed by atoms with van der Waals surface area (Å²) in [4.78, 5) is 22.0. The Morgan fingerprint density at radius 3 is 2.37 bits per heavy atom. The molecule has 0 saturated carbocycles. The normalized spacial score (nSPS) is 12.7. The number of nitrogens with one attached hydrogen (secondary N) is 3. The molecule has 9 nitrogen and oxygen atoms in total. The molecule has 5 N–H and O–H groups in total. The summed E-state index contributed by atoms with van der Waals surface area (Å²) in [6, 6.07) is -1.83. The van der Waals surface area contributed by atoms with Crippen LogP contribution in [0.4, 0.5) is 4.79 Å². The standard InChI is InChI=1S/C9H19N3O6S/c1-19(17,18)11-5-2-4-10-9(16)12-7(3-6-13)8(14)15/h7,11,13H,2-6H2,1H3,(H,14,15)(H2,10,12,16). The van der Waals surface area contributed by atoms with E-state index in [-0.39, 0.29) is 26.1 Å². The molecule has 0 saturated heterocycles. The summed E-state index contributed by atoms with van der Waals surface area (Å²) in [7, 11) is -3.25. The van der Waals surface area contributed by atoms with E-state index >= 15 is 0 Å². The van der Waals surface area contributed by atoms with Crippen LogP contribution in [0.5, 0.6) is 0 Å². The van der Waals surface area contributed by atoms with E-state index in [9.17, 15) is 18.0 Å². The molecule has 0 aromatic heterocycles. The quantitative estimate of drug-likeness (QED) is 0.313. The van der Waals surface area contributed by atoms with Gasteiger partial charge in [-0.3, -0.25) is 0 Å². The van der Waals surface area contributed by atoms with E-state index in [1.54, 1.807) is 0 Å². The van der Waals surface area contributed by atoms with Gasteiger partial charge in [0.2, 0.25) is 10.0 Å². The van der Waals surface area contributed by atoms with Crippen molar-refractivity contribution in [2.45, 2.75) is 18.9 Å². The minimum absolute atomic E-state index is 0.0849. The number of rotatable bonds is 9. The number of carboxylic acids is 1. The summed E-state index contributed by atoms with van der Waals surface area (Å²) in [5.41, 5.74) is 0. The first-order valence-electron chi connectivity index (χ1n) is 5.59. The number of carbonyl (C=O) groups is 2. The first-order valence-corrected chi connectivity index (χ1v) is 7.48. The van der Waals surface area contributed by atoms with Crippen molar-refractivity contribution < 1.29 is 28.2 Å². The lowest BCUT2D eigenvalue weighted by Gasteiger charge is -2.13. The zero-order valence-corrected chi connectivity index (χ0v) is 11.4. The Bertz CT molecular complexity index is 397. The summed E-state index contributed by atoms with van der Waals surface area (Å²) in [6.07, 6.45) is 1.32. The van der Waals surface area contributed by atoms with Crippen LogP contribution in [-0.4, -0.2) is 62.6 Å². The Balaban J connectivity index is 3.83. The SMILES string of the molecule is CS(=O)(=O)NCCCNC(=O)NC(CCO)C(=O)O. The second-order valence-electron chi connectivity index (χ2n) is 3.82. The predicted octanol–water partition coefficient (Wildman–Crippen LogP) is -1.94. The Kier molecular flexibility index (Phi) is 8.03. The number of hydrogen-bond donors (Lipinski definition) is 5. The molecule has 0 radical (unpaired) electrons. The van der Waals surface area contributed by atoms with Crippen molar-refractivity contribution in [1.82, 2.24) is 15.4 Å². The molecule has 0 fully saturated rings. The van der Waals surface area contributed by atoms with Crippen molar-refractivity contribution in [2.24, 2.45) is 0 Å². The number of urea groups is 1. The van der Waals surface area contributed by atoms with E-state index in [0.717, 1.165) is 6.26 Å². The van der Waals surface area contributed by atoms with Gasteiger partial charge in [-0.15, -0.1) is 0 Å². The molecule has 0 spiro atoms. The van der Waals surface area contributed by atoms with Crippen molar-refractivity contribution in [3.8, 4) is 0 Å². The minimum atomic E-state index is -3.25. The fourth-order valence-corrected chi connectivity index (χ4v) is 1.66. The topological polar surface area (TPSA) is 145 Å². The van der Waals surface area contributed by atoms with Gasteiger partial charge in [0.15, 0.2) is 0 Å². The fourth-order valence-electron chi connectivity index (χ4n) is 1.14. The maximum atomic E-state index is 11.3. The van der Waals surface area contributed by atoms with E-state index in [1.165, 1.54) is 0 Å². The lowest BCUT2D eigenvalue weighted by atomic mass is 10.2. The maximum absolute atomic E-state index is 11.3. The number of sulfonamides is 1. The van der Waals surface area contributed by atoms with Gasteiger partial charge in [-0.25, -0.2) is 22.7 Å². The van der Waals surface area contributed by atoms with Gasteiger partial charge in [-0.2, -0.15) is 0 Å². The number of aliphatic hydroxyl groups is 1. The predicted molar refractivity (Wildman–Crippen MR) is 67.1 cm³/mol. The van der Waals surface area contributed by atoms with Gasteiger partial charge in [0.25, 0.3) is 0 Å². The largest absolute Gasteiger partial charge is 0.480 e. The zero-order chi connectivity index (χ0) is 14.9. The molecule has 0 heterocycles. The molecule has 10 heteroatoms. The van der Waals surface area contributed by atoms with Crippen molar-refractivity contribution in [3.63, 3.8) is 0 Å². The molecular weight excluding hydrogens is 278 g/mol. The number of aliphatic carboxylic acids is 1. The third-order valence-electron chi connectivity index (χ3n) is 2.02. The number of aliphatic hydroxyl groups excluding tert-OH is 1. The van der Waals surface area contributed by atoms with Gasteiger partial charge in [-0.05, 0) is 6.42 Å². The van der Waals surface area contributed by atoms with Crippen molar-refractivity contribution in [1.29, 1.82) is 0 Å². The number of hydrogen-bond acceptors (Lipinski definition) is 5. The van der Waals surface area contributed by atoms with Gasteiger partial charge in [0, 0.05) is 26.1 Å². The molecule has 0 aliphatic heterocycles. The fraction of sp³-hybridized carbons (Fsp3) is 0.778. The molecule has 0 aromatic carbocycles. The highest BCUT2D eigenvalue weighted by atomic mass is 32.2. The van der Waals surface area contributed by atoms with E-state index in [1.807, 2.05) is 0 Å². The molecule has 0 aromatic rings. The number of carbonyl (C=O) groups excluding carboxylic acids is 1. The summed E-state index contributed by atoms with van der Waals surface area (Å²) < 4.78 is 23.7. The average Bonchev–Trinajstić information content (AvgIpc) is 2.26. The first kappa shape index (κ1) is 17.6. The number of carboxylic acid groups (broad SMARTS) is 1. The monoisotopic (exact) mass is 297 g/mol. The van der Waals surface area contributed by atoms with Crippen LogP contribution in [0.2, 0.25) is 0 Å². The number of amides is 2. The van der Waals surface area contributed by atoms with Crippen molar-refractivity contribution in [2.75, 3.05) is 26.0 Å². The lowest BCUT2D eigenvalue weighted by molar-refractivity contribution is -0.139. The van der Waals surface area contributed by atoms with Gasteiger partial charge < -0.3 is 20.8 Å². The Hall–Kier alpha value is -1.39. The summed E-state index contributed by atoms with van der Waals surface area (Å²) in [5.74, 6) is -1.23. The summed E-state index contributed by atoms with van der Waals surface area (Å²) in [6.45, 7) is 0.0213. The molecule has 0 aliphatic carbocycles. The highest BCUT2D eigenvalue weighted by Gasteiger charge is 2.18. The van der Waals surface area contributed by atoms with Crippen LogP contribution >= 0.6 is 0 Å². The van der Waals surface area contributed by atoms with Gasteiger partial charge in [-0.1, -0.05) is 0 Å². The van der Waals surface area contributed by atoms with Crippen molar-refractivity contribution in [3.05, 3.63) is 0 Å². The molecule has 0 bridgehead atoms. The Labute approximate surface area is 111 Å². The summed E-state index contributed by atoms with van der Waals surface area (Å²) >= 11 is 0. The smallest absolute Gasteiger partial charge is 0.326 e. The molecule has 112 valence electrons. The molecular formula is C9H19N3O6S. The molecule has 0 rings (SSSR count). The second-order valence-corrected chi connectivity index (χ2v) is 5.66. The van der Waals surface area contributed by atoms with Crippen LogP contribution in [0.15, 0.2) is 0 Å². The molecule has 1 unspecified atom stereocenters. The minimum Gasteiger partial charge on any atom is -0.480 e. The lowest BCUT2D eigenvalue weighted by Crippen LogP contribution is -2.46. The van der Waals surface area contributed by atoms with Gasteiger partial charge in [0.1, 0.15) is 6.04 Å². The molecule has 2 amide bonds. The van der Waals surface area contributed by atoms with Crippen LogP contribution in [0, 0.1) is 0 Å². The third-order valence-corrected chi connectivity index (χ3v) is 2.75. The molecule has 0 aliphatic rings. The van der Waals surface area contributed by atoms with E-state index < -0.39 is 28.1 Å². The maximum Gasteiger partial charge on any atom is 0.326 e. The van der Waals surface area contributed by atoms with E-state index in [2.05, 4.69) is 15.4 Å². The van der Waals surface area contributed by atoms with Crippen LogP contribution in [0.3, 0.4) is 0 Å². The third kappa shape index (κ3) is 10.2. The van der Waals surface area contributed by atoms with Crippen LogP contribution in [-0.2, 0) is 14.8 Å². The average molecular weight is 297 g/mol. The second kappa shape index (κ2) is 8.67. The van der Waals surface area contributed by atoms with E-state index in [0.29, 0.717) is 6.42 Å². The Morgan fingerprint density at radius 2 is 1.89 bits per heavy atom. The van der Waals surface area contributed by atoms with Gasteiger partial charge >= 0.3 is 12.0 Å². The van der Waals surface area contributed by atoms with Gasteiger partial charge in [0.05, 0.1) is 6.26 Å². The molecule has 19 heavy (non-hydrogen) atoms. The highest BCUT2D eigenvalue weighted by Crippen LogP contribution is 1.91. The molecule has 1 atom stereocenters.